The first-order valence-electron chi connectivity index (χ1n) is 24.3. The highest BCUT2D eigenvalue weighted by molar-refractivity contribution is 6.42. The summed E-state index contributed by atoms with van der Waals surface area (Å²) in [6, 6.07) is 48.7. The lowest BCUT2D eigenvalue weighted by atomic mass is 10.1. The highest BCUT2D eigenvalue weighted by Crippen LogP contribution is 2.29. The molecular formula is C67H62Cl2O11. The number of aromatic hydroxyl groups is 4. The topological polar surface area (TPSA) is 177 Å². The summed E-state index contributed by atoms with van der Waals surface area (Å²) in [5, 5.41) is 38.7. The zero-order chi connectivity index (χ0) is 57.4. The van der Waals surface area contributed by atoms with Crippen molar-refractivity contribution in [1.29, 1.82) is 0 Å². The number of benzene rings is 8. The van der Waals surface area contributed by atoms with Crippen LogP contribution in [0.3, 0.4) is 0 Å². The molecule has 0 saturated heterocycles. The Balaban J connectivity index is 0.000000229. The Bertz CT molecular complexity index is 3540. The standard InChI is InChI=1S/2C17H16O3.C16H12Cl2O3.C16H14O2.CH4/c1-12-3-5-13(6-4-12)7-9-15(18)14-8-10-16(19)17(11-14)20-2;1-12-4-3-5-13(10-12)6-8-15(18)14-7-9-16(19)17(11-14)20-2;1-21-16-9-11(4-7-15(16)20)14(19)6-3-10-2-5-12(17)13(18)8-10;1-12-4-2-5-13(10-12)8-9-16(18)14-6-3-7-15(17)11-14;/h2*3-11,19H,1-2H3;2-9,20H,1H3;2-11,17H,1H3;1H4/b9-7+;8-6+;6-3+;9-8+;. The van der Waals surface area contributed by atoms with Gasteiger partial charge in [-0.1, -0.05) is 163 Å². The summed E-state index contributed by atoms with van der Waals surface area (Å²) in [7, 11) is 4.33. The number of aryl methyl sites for hydroxylation is 3. The van der Waals surface area contributed by atoms with E-state index in [0.717, 1.165) is 33.4 Å². The molecule has 410 valence electrons. The number of rotatable bonds is 15. The van der Waals surface area contributed by atoms with Crippen molar-refractivity contribution in [3.63, 3.8) is 0 Å². The predicted octanol–water partition coefficient (Wildman–Crippen LogP) is 16.0. The van der Waals surface area contributed by atoms with E-state index in [0.29, 0.717) is 43.8 Å². The van der Waals surface area contributed by atoms with Crippen molar-refractivity contribution in [2.45, 2.75) is 28.2 Å². The van der Waals surface area contributed by atoms with Crippen LogP contribution in [0.15, 0.2) is 194 Å². The van der Waals surface area contributed by atoms with Gasteiger partial charge in [0.2, 0.25) is 0 Å². The van der Waals surface area contributed by atoms with Crippen molar-refractivity contribution >= 4 is 70.6 Å². The Morgan fingerprint density at radius 1 is 0.362 bits per heavy atom. The molecule has 0 heterocycles. The van der Waals surface area contributed by atoms with Crippen molar-refractivity contribution < 1.29 is 53.8 Å². The van der Waals surface area contributed by atoms with Gasteiger partial charge in [-0.05, 0) is 146 Å². The number of ketones is 4. The first kappa shape index (κ1) is 63.1. The molecule has 0 unspecified atom stereocenters. The molecule has 0 aromatic heterocycles. The summed E-state index contributed by atoms with van der Waals surface area (Å²) >= 11 is 11.7. The molecule has 8 rings (SSSR count). The molecule has 13 heteroatoms. The Morgan fingerprint density at radius 3 is 1.07 bits per heavy atom. The van der Waals surface area contributed by atoms with E-state index in [-0.39, 0.29) is 59.3 Å². The largest absolute Gasteiger partial charge is 0.508 e. The molecule has 0 aliphatic carbocycles. The molecule has 0 spiro atoms. The van der Waals surface area contributed by atoms with Crippen molar-refractivity contribution in [1.82, 2.24) is 0 Å². The number of halogens is 2. The first-order valence-corrected chi connectivity index (χ1v) is 25.1. The van der Waals surface area contributed by atoms with Crippen molar-refractivity contribution in [3.05, 3.63) is 265 Å². The normalized spacial score (nSPS) is 10.6. The fraction of sp³-hybridized carbons (Fsp3) is 0.104. The second-order valence-corrected chi connectivity index (χ2v) is 18.2. The number of phenols is 4. The van der Waals surface area contributed by atoms with Gasteiger partial charge in [-0.3, -0.25) is 19.2 Å². The van der Waals surface area contributed by atoms with Crippen LogP contribution in [0.4, 0.5) is 0 Å². The van der Waals surface area contributed by atoms with Gasteiger partial charge in [0.05, 0.1) is 31.4 Å². The van der Waals surface area contributed by atoms with Crippen LogP contribution in [-0.4, -0.2) is 64.9 Å². The van der Waals surface area contributed by atoms with E-state index >= 15 is 0 Å². The molecule has 0 aliphatic heterocycles. The molecule has 0 amide bonds. The van der Waals surface area contributed by atoms with Gasteiger partial charge in [-0.25, -0.2) is 0 Å². The summed E-state index contributed by atoms with van der Waals surface area (Å²) in [5.41, 5.74) is 9.03. The van der Waals surface area contributed by atoms with Crippen LogP contribution in [-0.2, 0) is 0 Å². The summed E-state index contributed by atoms with van der Waals surface area (Å²) in [6.45, 7) is 6.03. The zero-order valence-electron chi connectivity index (χ0n) is 44.2. The molecule has 0 fully saturated rings. The highest BCUT2D eigenvalue weighted by Gasteiger charge is 2.10. The maximum atomic E-state index is 12.1. The Morgan fingerprint density at radius 2 is 0.713 bits per heavy atom. The van der Waals surface area contributed by atoms with Crippen LogP contribution in [0.5, 0.6) is 40.2 Å². The Hall–Kier alpha value is -9.42. The van der Waals surface area contributed by atoms with E-state index in [4.69, 9.17) is 37.4 Å². The highest BCUT2D eigenvalue weighted by atomic mass is 35.5. The van der Waals surface area contributed by atoms with Gasteiger partial charge in [0.1, 0.15) is 5.75 Å². The minimum Gasteiger partial charge on any atom is -0.508 e. The van der Waals surface area contributed by atoms with E-state index in [1.54, 1.807) is 72.8 Å². The molecule has 8 aromatic rings. The number of carbonyl (C=O) groups excluding carboxylic acids is 4. The number of ether oxygens (including phenoxy) is 3. The van der Waals surface area contributed by atoms with Gasteiger partial charge in [0.15, 0.2) is 57.6 Å². The van der Waals surface area contributed by atoms with Gasteiger partial charge >= 0.3 is 0 Å². The minimum absolute atomic E-state index is 0. The molecule has 8 aromatic carbocycles. The maximum absolute atomic E-state index is 12.1. The van der Waals surface area contributed by atoms with E-state index in [2.05, 4.69) is 0 Å². The fourth-order valence-corrected chi connectivity index (χ4v) is 7.37. The molecule has 0 atom stereocenters. The second-order valence-electron chi connectivity index (χ2n) is 17.4. The first-order chi connectivity index (χ1) is 37.8. The maximum Gasteiger partial charge on any atom is 0.185 e. The monoisotopic (exact) mass is 1110 g/mol. The average Bonchev–Trinajstić information content (AvgIpc) is 3.44. The summed E-state index contributed by atoms with van der Waals surface area (Å²) in [5.74, 6) is 0.370. The average molecular weight is 1110 g/mol. The third kappa shape index (κ3) is 20.2. The van der Waals surface area contributed by atoms with Gasteiger partial charge in [0, 0.05) is 22.3 Å². The summed E-state index contributed by atoms with van der Waals surface area (Å²) in [6.07, 6.45) is 12.9. The molecule has 4 N–H and O–H groups in total. The fourth-order valence-electron chi connectivity index (χ4n) is 7.07. The number of carbonyl (C=O) groups is 4. The zero-order valence-corrected chi connectivity index (χ0v) is 45.7. The third-order valence-electron chi connectivity index (χ3n) is 11.3. The smallest absolute Gasteiger partial charge is 0.185 e. The molecule has 80 heavy (non-hydrogen) atoms. The Kier molecular flexibility index (Phi) is 25.0. The SMILES string of the molecule is C.COc1cc(C(=O)/C=C/c2ccc(C)cc2)ccc1O.COc1cc(C(=O)/C=C/c2ccc(Cl)c(Cl)c2)ccc1O.COc1cc(C(=O)/C=C/c2cccc(C)c2)ccc1O.Cc1cccc(/C=C/C(=O)c2cccc(O)c2)c1. The van der Waals surface area contributed by atoms with Crippen molar-refractivity contribution in [2.24, 2.45) is 0 Å². The van der Waals surface area contributed by atoms with Crippen molar-refractivity contribution in [2.75, 3.05) is 21.3 Å². The van der Waals surface area contributed by atoms with Gasteiger partial charge in [0.25, 0.3) is 0 Å². The lowest BCUT2D eigenvalue weighted by molar-refractivity contribution is 0.103. The molecule has 0 bridgehead atoms. The van der Waals surface area contributed by atoms with E-state index in [1.165, 1.54) is 99.7 Å². The van der Waals surface area contributed by atoms with E-state index in [9.17, 15) is 39.6 Å². The number of methoxy groups -OCH3 is 3. The summed E-state index contributed by atoms with van der Waals surface area (Å²) in [4.78, 5) is 48.0. The van der Waals surface area contributed by atoms with Gasteiger partial charge < -0.3 is 34.6 Å². The van der Waals surface area contributed by atoms with Crippen LogP contribution < -0.4 is 14.2 Å². The van der Waals surface area contributed by atoms with Crippen LogP contribution in [0.25, 0.3) is 24.3 Å². The van der Waals surface area contributed by atoms with E-state index < -0.39 is 0 Å². The molecule has 0 aliphatic rings. The van der Waals surface area contributed by atoms with Crippen LogP contribution >= 0.6 is 23.2 Å². The molecule has 11 nitrogen and oxygen atoms in total. The third-order valence-corrected chi connectivity index (χ3v) is 12.1. The number of allylic oxidation sites excluding steroid dienone is 4. The van der Waals surface area contributed by atoms with E-state index in [1.807, 2.05) is 93.6 Å². The molecule has 0 saturated carbocycles. The minimum atomic E-state index is -0.209. The molecule has 0 radical (unpaired) electrons. The number of hydrogen-bond acceptors (Lipinski definition) is 11. The molecular weight excluding hydrogens is 1050 g/mol. The summed E-state index contributed by atoms with van der Waals surface area (Å²) < 4.78 is 14.9. The quantitative estimate of drug-likeness (QED) is 0.0567. The van der Waals surface area contributed by atoms with Crippen LogP contribution in [0, 0.1) is 20.8 Å². The number of hydrogen-bond donors (Lipinski definition) is 4. The second kappa shape index (κ2) is 31.7. The van der Waals surface area contributed by atoms with Crippen LogP contribution in [0.1, 0.15) is 87.8 Å². The predicted molar refractivity (Wildman–Crippen MR) is 322 cm³/mol. The van der Waals surface area contributed by atoms with Crippen molar-refractivity contribution in [3.8, 4) is 40.2 Å². The lowest BCUT2D eigenvalue weighted by Gasteiger charge is -2.04. The van der Waals surface area contributed by atoms with Gasteiger partial charge in [-0.15, -0.1) is 0 Å². The lowest BCUT2D eigenvalue weighted by Crippen LogP contribution is -1.95. The van der Waals surface area contributed by atoms with Gasteiger partial charge in [-0.2, -0.15) is 0 Å². The van der Waals surface area contributed by atoms with Crippen LogP contribution in [0.2, 0.25) is 10.0 Å². The Labute approximate surface area is 477 Å². The number of phenolic OH excluding ortho intramolecular Hbond substituents is 4.